The van der Waals surface area contributed by atoms with Crippen molar-refractivity contribution in [3.63, 3.8) is 0 Å². The van der Waals surface area contributed by atoms with Crippen LogP contribution in [0.4, 0.5) is 9.52 Å². The summed E-state index contributed by atoms with van der Waals surface area (Å²) in [5.41, 5.74) is 2.35. The largest absolute Gasteiger partial charge is 0.349 e. The highest BCUT2D eigenvalue weighted by atomic mass is 32.1. The summed E-state index contributed by atoms with van der Waals surface area (Å²) in [7, 11) is 0. The average molecular weight is 397 g/mol. The second kappa shape index (κ2) is 8.75. The molecule has 0 bridgehead atoms. The number of halogens is 1. The normalized spacial score (nSPS) is 11.7. The molecule has 1 aromatic heterocycles. The molecule has 0 spiro atoms. The third kappa shape index (κ3) is 5.01. The Morgan fingerprint density at radius 3 is 2.43 bits per heavy atom. The van der Waals surface area contributed by atoms with Gasteiger partial charge in [-0.05, 0) is 36.8 Å². The summed E-state index contributed by atoms with van der Waals surface area (Å²) in [5.74, 6) is -0.762. The van der Waals surface area contributed by atoms with Crippen LogP contribution in [0.5, 0.6) is 0 Å². The zero-order valence-corrected chi connectivity index (χ0v) is 16.3. The lowest BCUT2D eigenvalue weighted by atomic mass is 10.0. The summed E-state index contributed by atoms with van der Waals surface area (Å²) in [6, 6.07) is 15.0. The molecule has 0 aliphatic heterocycles. The monoisotopic (exact) mass is 397 g/mol. The highest BCUT2D eigenvalue weighted by Gasteiger charge is 2.19. The fraction of sp³-hybridized carbons (Fsp3) is 0.190. The number of amides is 2. The zero-order chi connectivity index (χ0) is 20.1. The highest BCUT2D eigenvalue weighted by Crippen LogP contribution is 2.30. The molecule has 7 heteroatoms. The van der Waals surface area contributed by atoms with Crippen LogP contribution in [-0.4, -0.2) is 16.8 Å². The van der Waals surface area contributed by atoms with Crippen LogP contribution in [0, 0.1) is 12.7 Å². The van der Waals surface area contributed by atoms with E-state index in [0.717, 1.165) is 16.0 Å². The molecule has 0 fully saturated rings. The van der Waals surface area contributed by atoms with Gasteiger partial charge in [-0.2, -0.15) is 0 Å². The summed E-state index contributed by atoms with van der Waals surface area (Å²) in [5, 5.41) is 6.08. The first-order valence-corrected chi connectivity index (χ1v) is 9.59. The number of carbonyl (C=O) groups excluding carboxylic acids is 2. The van der Waals surface area contributed by atoms with Crippen molar-refractivity contribution in [1.82, 2.24) is 10.3 Å². The smallest absolute Gasteiger partial charge is 0.228 e. The third-order valence-corrected chi connectivity index (χ3v) is 5.02. The van der Waals surface area contributed by atoms with Gasteiger partial charge in [0.15, 0.2) is 5.13 Å². The molecule has 3 rings (SSSR count). The van der Waals surface area contributed by atoms with E-state index in [1.54, 1.807) is 12.1 Å². The van der Waals surface area contributed by atoms with E-state index in [4.69, 9.17) is 0 Å². The van der Waals surface area contributed by atoms with Crippen LogP contribution in [-0.2, 0) is 9.59 Å². The van der Waals surface area contributed by atoms with Crippen molar-refractivity contribution >= 4 is 28.3 Å². The van der Waals surface area contributed by atoms with Gasteiger partial charge in [0.1, 0.15) is 5.82 Å². The minimum absolute atomic E-state index is 0.0914. The molecule has 0 radical (unpaired) electrons. The molecular formula is C21H20FN3O2S. The lowest BCUT2D eigenvalue weighted by Crippen LogP contribution is -2.29. The maximum atomic E-state index is 13.1. The fourth-order valence-electron chi connectivity index (χ4n) is 2.86. The number of aryl methyl sites for hydroxylation is 1. The Morgan fingerprint density at radius 2 is 1.79 bits per heavy atom. The average Bonchev–Trinajstić information content (AvgIpc) is 3.02. The molecule has 1 unspecified atom stereocenters. The van der Waals surface area contributed by atoms with E-state index < -0.39 is 6.04 Å². The summed E-state index contributed by atoms with van der Waals surface area (Å²) in [6.45, 7) is 3.32. The maximum Gasteiger partial charge on any atom is 0.228 e. The van der Waals surface area contributed by atoms with Gasteiger partial charge in [-0.15, -0.1) is 11.3 Å². The number of hydrogen-bond donors (Lipinski definition) is 2. The van der Waals surface area contributed by atoms with Crippen molar-refractivity contribution in [2.45, 2.75) is 26.3 Å². The predicted octanol–water partition coefficient (Wildman–Crippen LogP) is 4.46. The van der Waals surface area contributed by atoms with Crippen LogP contribution >= 0.6 is 11.3 Å². The molecule has 28 heavy (non-hydrogen) atoms. The molecule has 0 saturated heterocycles. The number of benzene rings is 2. The number of rotatable bonds is 6. The first-order valence-electron chi connectivity index (χ1n) is 8.77. The van der Waals surface area contributed by atoms with E-state index in [1.807, 2.05) is 37.3 Å². The number of nitrogens with one attached hydrogen (secondary N) is 2. The minimum atomic E-state index is -0.420. The lowest BCUT2D eigenvalue weighted by molar-refractivity contribution is -0.120. The summed E-state index contributed by atoms with van der Waals surface area (Å²) >= 11 is 1.35. The Hall–Kier alpha value is -3.06. The van der Waals surface area contributed by atoms with Crippen molar-refractivity contribution in [1.29, 1.82) is 0 Å². The Balaban J connectivity index is 1.72. The number of anilines is 1. The van der Waals surface area contributed by atoms with E-state index in [-0.39, 0.29) is 24.1 Å². The molecule has 2 amide bonds. The van der Waals surface area contributed by atoms with Crippen LogP contribution in [0.25, 0.3) is 11.3 Å². The number of aromatic nitrogens is 1. The van der Waals surface area contributed by atoms with Crippen LogP contribution in [0.1, 0.15) is 29.8 Å². The Morgan fingerprint density at radius 1 is 1.11 bits per heavy atom. The predicted molar refractivity (Wildman–Crippen MR) is 108 cm³/mol. The van der Waals surface area contributed by atoms with Gasteiger partial charge in [-0.1, -0.05) is 30.3 Å². The summed E-state index contributed by atoms with van der Waals surface area (Å²) in [6.07, 6.45) is 0.0914. The van der Waals surface area contributed by atoms with E-state index in [1.165, 1.54) is 30.4 Å². The molecule has 2 N–H and O–H groups in total. The molecule has 2 aromatic carbocycles. The number of carbonyl (C=O) groups is 2. The van der Waals surface area contributed by atoms with E-state index in [0.29, 0.717) is 10.8 Å². The molecule has 0 saturated carbocycles. The molecule has 5 nitrogen and oxygen atoms in total. The van der Waals surface area contributed by atoms with Crippen LogP contribution in [0.15, 0.2) is 54.6 Å². The number of thiazole rings is 1. The molecule has 0 aliphatic rings. The highest BCUT2D eigenvalue weighted by molar-refractivity contribution is 7.16. The van der Waals surface area contributed by atoms with Crippen LogP contribution in [0.2, 0.25) is 0 Å². The molecule has 1 heterocycles. The maximum absolute atomic E-state index is 13.1. The van der Waals surface area contributed by atoms with Gasteiger partial charge in [0, 0.05) is 17.4 Å². The first kappa shape index (κ1) is 19.7. The third-order valence-electron chi connectivity index (χ3n) is 4.13. The second-order valence-corrected chi connectivity index (χ2v) is 7.55. The second-order valence-electron chi connectivity index (χ2n) is 6.35. The molecule has 1 atom stereocenters. The molecular weight excluding hydrogens is 377 g/mol. The van der Waals surface area contributed by atoms with Gasteiger partial charge in [0.25, 0.3) is 0 Å². The van der Waals surface area contributed by atoms with Gasteiger partial charge in [0.05, 0.1) is 18.2 Å². The van der Waals surface area contributed by atoms with Crippen molar-refractivity contribution < 1.29 is 14.0 Å². The van der Waals surface area contributed by atoms with Gasteiger partial charge in [0.2, 0.25) is 11.8 Å². The van der Waals surface area contributed by atoms with E-state index >= 15 is 0 Å². The van der Waals surface area contributed by atoms with E-state index in [2.05, 4.69) is 15.6 Å². The topological polar surface area (TPSA) is 71.1 Å². The quantitative estimate of drug-likeness (QED) is 0.645. The summed E-state index contributed by atoms with van der Waals surface area (Å²) in [4.78, 5) is 29.4. The first-order chi connectivity index (χ1) is 13.4. The van der Waals surface area contributed by atoms with Crippen LogP contribution in [0.3, 0.4) is 0 Å². The van der Waals surface area contributed by atoms with Gasteiger partial charge < -0.3 is 10.6 Å². The van der Waals surface area contributed by atoms with Crippen molar-refractivity contribution in [2.75, 3.05) is 5.32 Å². The van der Waals surface area contributed by atoms with Crippen molar-refractivity contribution in [2.24, 2.45) is 0 Å². The minimum Gasteiger partial charge on any atom is -0.349 e. The Kier molecular flexibility index (Phi) is 6.16. The number of nitrogens with zero attached hydrogens (tertiary/aromatic N) is 1. The summed E-state index contributed by atoms with van der Waals surface area (Å²) < 4.78 is 13.1. The molecule has 144 valence electrons. The molecule has 0 aliphatic carbocycles. The SMILES string of the molecule is CC(=O)NC(CC(=O)Nc1nc(-c2ccc(F)cc2)c(C)s1)c1ccccc1. The van der Waals surface area contributed by atoms with Crippen molar-refractivity contribution in [3.05, 3.63) is 70.9 Å². The molecule has 3 aromatic rings. The zero-order valence-electron chi connectivity index (χ0n) is 15.5. The lowest BCUT2D eigenvalue weighted by Gasteiger charge is -2.17. The Bertz CT molecular complexity index is 971. The standard InChI is InChI=1S/C21H20FN3O2S/c1-13-20(16-8-10-17(22)11-9-16)25-21(28-13)24-19(27)12-18(23-14(2)26)15-6-4-3-5-7-15/h3-11,18H,12H2,1-2H3,(H,23,26)(H,24,25,27). The Labute approximate surface area is 166 Å². The fourth-order valence-corrected chi connectivity index (χ4v) is 3.72. The van der Waals surface area contributed by atoms with Gasteiger partial charge in [-0.25, -0.2) is 9.37 Å². The van der Waals surface area contributed by atoms with Gasteiger partial charge >= 0.3 is 0 Å². The van der Waals surface area contributed by atoms with Crippen LogP contribution < -0.4 is 10.6 Å². The van der Waals surface area contributed by atoms with Crippen molar-refractivity contribution in [3.8, 4) is 11.3 Å². The van der Waals surface area contributed by atoms with E-state index in [9.17, 15) is 14.0 Å². The van der Waals surface area contributed by atoms with Gasteiger partial charge in [-0.3, -0.25) is 9.59 Å². The number of hydrogen-bond acceptors (Lipinski definition) is 4.